The maximum Gasteiger partial charge on any atom is 0.264 e. The minimum Gasteiger partial charge on any atom is -0.378 e. The van der Waals surface area contributed by atoms with Gasteiger partial charge in [0.2, 0.25) is 0 Å². The number of anilines is 1. The van der Waals surface area contributed by atoms with Crippen LogP contribution >= 0.6 is 11.3 Å². The Kier molecular flexibility index (Phi) is 4.63. The molecule has 0 aromatic carbocycles. The van der Waals surface area contributed by atoms with E-state index in [1.54, 1.807) is 0 Å². The zero-order valence-corrected chi connectivity index (χ0v) is 14.5. The van der Waals surface area contributed by atoms with Gasteiger partial charge in [0.1, 0.15) is 6.10 Å². The maximum absolute atomic E-state index is 12.5. The molecule has 1 atom stereocenters. The third kappa shape index (κ3) is 3.54. The Bertz CT molecular complexity index is 685. The third-order valence-electron chi connectivity index (χ3n) is 3.89. The van der Waals surface area contributed by atoms with Gasteiger partial charge in [0.25, 0.3) is 5.91 Å². The van der Waals surface area contributed by atoms with Crippen molar-refractivity contribution < 1.29 is 9.53 Å². The predicted molar refractivity (Wildman–Crippen MR) is 92.2 cm³/mol. The summed E-state index contributed by atoms with van der Waals surface area (Å²) in [5.74, 6) is 0.0776. The van der Waals surface area contributed by atoms with Crippen LogP contribution in [0.2, 0.25) is 0 Å². The van der Waals surface area contributed by atoms with Gasteiger partial charge in [0.15, 0.2) is 0 Å². The zero-order chi connectivity index (χ0) is 16.4. The van der Waals surface area contributed by atoms with Gasteiger partial charge in [-0.3, -0.25) is 9.78 Å². The first-order valence-corrected chi connectivity index (χ1v) is 8.53. The first-order chi connectivity index (χ1) is 11.0. The van der Waals surface area contributed by atoms with Crippen LogP contribution in [-0.2, 0) is 4.74 Å². The van der Waals surface area contributed by atoms with E-state index >= 15 is 0 Å². The summed E-state index contributed by atoms with van der Waals surface area (Å²) in [6.45, 7) is 3.68. The summed E-state index contributed by atoms with van der Waals surface area (Å²) in [6.07, 6.45) is -0.175. The van der Waals surface area contributed by atoms with Crippen LogP contribution in [0, 0.1) is 6.92 Å². The van der Waals surface area contributed by atoms with Gasteiger partial charge in [0, 0.05) is 32.0 Å². The molecule has 2 aromatic heterocycles. The fourth-order valence-electron chi connectivity index (χ4n) is 2.67. The molecule has 0 aliphatic carbocycles. The van der Waals surface area contributed by atoms with E-state index in [9.17, 15) is 4.79 Å². The van der Waals surface area contributed by atoms with E-state index < -0.39 is 0 Å². The van der Waals surface area contributed by atoms with Gasteiger partial charge in [-0.1, -0.05) is 6.07 Å². The smallest absolute Gasteiger partial charge is 0.264 e. The van der Waals surface area contributed by atoms with Crippen LogP contribution in [0.1, 0.15) is 27.2 Å². The molecule has 3 rings (SSSR count). The van der Waals surface area contributed by atoms with Crippen molar-refractivity contribution in [3.05, 3.63) is 45.9 Å². The SMILES string of the molecule is Cc1cc(N(C)C)cc(C2CN(C(=O)c3cccs3)CCO2)n1. The molecule has 1 aliphatic rings. The number of carbonyl (C=O) groups is 1. The molecule has 0 spiro atoms. The Balaban J connectivity index is 1.80. The highest BCUT2D eigenvalue weighted by Gasteiger charge is 2.27. The third-order valence-corrected chi connectivity index (χ3v) is 4.75. The van der Waals surface area contributed by atoms with E-state index in [1.165, 1.54) is 11.3 Å². The number of hydrogen-bond acceptors (Lipinski definition) is 5. The minimum absolute atomic E-state index is 0.0776. The Morgan fingerprint density at radius 3 is 2.96 bits per heavy atom. The molecule has 0 radical (unpaired) electrons. The monoisotopic (exact) mass is 331 g/mol. The van der Waals surface area contributed by atoms with Crippen LogP contribution in [0.15, 0.2) is 29.6 Å². The molecule has 1 unspecified atom stereocenters. The highest BCUT2D eigenvalue weighted by molar-refractivity contribution is 7.12. The largest absolute Gasteiger partial charge is 0.378 e. The Morgan fingerprint density at radius 2 is 2.26 bits per heavy atom. The first kappa shape index (κ1) is 16.0. The van der Waals surface area contributed by atoms with Gasteiger partial charge >= 0.3 is 0 Å². The van der Waals surface area contributed by atoms with Crippen molar-refractivity contribution in [1.82, 2.24) is 9.88 Å². The van der Waals surface area contributed by atoms with E-state index in [-0.39, 0.29) is 12.0 Å². The van der Waals surface area contributed by atoms with E-state index in [1.807, 2.05) is 55.6 Å². The van der Waals surface area contributed by atoms with Crippen molar-refractivity contribution in [2.45, 2.75) is 13.0 Å². The number of nitrogens with zero attached hydrogens (tertiary/aromatic N) is 3. The number of thiophene rings is 1. The van der Waals surface area contributed by atoms with Crippen molar-refractivity contribution in [3.8, 4) is 0 Å². The Labute approximate surface area is 140 Å². The zero-order valence-electron chi connectivity index (χ0n) is 13.7. The number of hydrogen-bond donors (Lipinski definition) is 0. The van der Waals surface area contributed by atoms with E-state index in [2.05, 4.69) is 9.88 Å². The molecule has 1 amide bonds. The Morgan fingerprint density at radius 1 is 1.43 bits per heavy atom. The van der Waals surface area contributed by atoms with Crippen LogP contribution in [-0.4, -0.2) is 49.6 Å². The fraction of sp³-hybridized carbons (Fsp3) is 0.412. The summed E-state index contributed by atoms with van der Waals surface area (Å²) in [6, 6.07) is 7.85. The molecule has 1 aliphatic heterocycles. The molecule has 6 heteroatoms. The summed E-state index contributed by atoms with van der Waals surface area (Å²) < 4.78 is 5.88. The normalized spacial score (nSPS) is 18.0. The molecule has 23 heavy (non-hydrogen) atoms. The van der Waals surface area contributed by atoms with E-state index in [0.29, 0.717) is 19.7 Å². The van der Waals surface area contributed by atoms with Crippen LogP contribution in [0.3, 0.4) is 0 Å². The van der Waals surface area contributed by atoms with Gasteiger partial charge in [-0.2, -0.15) is 0 Å². The molecule has 0 N–H and O–H groups in total. The molecule has 3 heterocycles. The standard InChI is InChI=1S/C17H21N3O2S/c1-12-9-13(19(2)3)10-14(18-12)15-11-20(6-7-22-15)17(21)16-5-4-8-23-16/h4-5,8-10,15H,6-7,11H2,1-3H3. The van der Waals surface area contributed by atoms with Crippen LogP contribution in [0.4, 0.5) is 5.69 Å². The lowest BCUT2D eigenvalue weighted by Gasteiger charge is -2.33. The summed E-state index contributed by atoms with van der Waals surface area (Å²) >= 11 is 1.48. The molecule has 1 fully saturated rings. The highest BCUT2D eigenvalue weighted by Crippen LogP contribution is 2.26. The molecular weight excluding hydrogens is 310 g/mol. The number of rotatable bonds is 3. The minimum atomic E-state index is -0.175. The number of morpholine rings is 1. The number of ether oxygens (including phenoxy) is 1. The summed E-state index contributed by atoms with van der Waals surface area (Å²) in [4.78, 5) is 21.8. The second-order valence-corrected chi connectivity index (χ2v) is 6.82. The lowest BCUT2D eigenvalue weighted by Crippen LogP contribution is -2.42. The topological polar surface area (TPSA) is 45.7 Å². The lowest BCUT2D eigenvalue weighted by atomic mass is 10.1. The first-order valence-electron chi connectivity index (χ1n) is 7.65. The van der Waals surface area contributed by atoms with Crippen molar-refractivity contribution >= 4 is 22.9 Å². The number of pyridine rings is 1. The fourth-order valence-corrected chi connectivity index (χ4v) is 3.36. The van der Waals surface area contributed by atoms with Gasteiger partial charge < -0.3 is 14.5 Å². The quantitative estimate of drug-likeness (QED) is 0.867. The molecule has 122 valence electrons. The van der Waals surface area contributed by atoms with Gasteiger partial charge in [-0.25, -0.2) is 0 Å². The molecule has 5 nitrogen and oxygen atoms in total. The Hall–Kier alpha value is -1.92. The van der Waals surface area contributed by atoms with E-state index in [0.717, 1.165) is 22.0 Å². The van der Waals surface area contributed by atoms with Crippen LogP contribution in [0.25, 0.3) is 0 Å². The van der Waals surface area contributed by atoms with Crippen LogP contribution < -0.4 is 4.90 Å². The van der Waals surface area contributed by atoms with Crippen molar-refractivity contribution in [3.63, 3.8) is 0 Å². The second-order valence-electron chi connectivity index (χ2n) is 5.87. The number of aromatic nitrogens is 1. The summed E-state index contributed by atoms with van der Waals surface area (Å²) in [5, 5.41) is 1.93. The molecular formula is C17H21N3O2S. The summed E-state index contributed by atoms with van der Waals surface area (Å²) in [7, 11) is 4.01. The number of carbonyl (C=O) groups excluding carboxylic acids is 1. The highest BCUT2D eigenvalue weighted by atomic mass is 32.1. The van der Waals surface area contributed by atoms with Crippen LogP contribution in [0.5, 0.6) is 0 Å². The van der Waals surface area contributed by atoms with Gasteiger partial charge in [-0.05, 0) is 30.5 Å². The molecule has 0 bridgehead atoms. The lowest BCUT2D eigenvalue weighted by molar-refractivity contribution is -0.0246. The second kappa shape index (κ2) is 6.68. The van der Waals surface area contributed by atoms with Gasteiger partial charge in [0.05, 0.1) is 23.7 Å². The average Bonchev–Trinajstić information content (AvgIpc) is 3.08. The number of aryl methyl sites for hydroxylation is 1. The maximum atomic E-state index is 12.5. The van der Waals surface area contributed by atoms with Crippen molar-refractivity contribution in [2.24, 2.45) is 0 Å². The van der Waals surface area contributed by atoms with Gasteiger partial charge in [-0.15, -0.1) is 11.3 Å². The summed E-state index contributed by atoms with van der Waals surface area (Å²) in [5.41, 5.74) is 2.94. The van der Waals surface area contributed by atoms with E-state index in [4.69, 9.17) is 4.74 Å². The predicted octanol–water partition coefficient (Wildman–Crippen LogP) is 2.73. The number of amides is 1. The molecule has 2 aromatic rings. The average molecular weight is 331 g/mol. The van der Waals surface area contributed by atoms with Crippen molar-refractivity contribution in [2.75, 3.05) is 38.7 Å². The molecule has 0 saturated carbocycles. The molecule has 1 saturated heterocycles. The van der Waals surface area contributed by atoms with Crippen molar-refractivity contribution in [1.29, 1.82) is 0 Å².